The van der Waals surface area contributed by atoms with Gasteiger partial charge in [-0.3, -0.25) is 5.32 Å². The van der Waals surface area contributed by atoms with Crippen molar-refractivity contribution in [2.75, 3.05) is 18.5 Å². The van der Waals surface area contributed by atoms with Crippen LogP contribution < -0.4 is 5.32 Å². The van der Waals surface area contributed by atoms with E-state index in [9.17, 15) is 14.4 Å². The van der Waals surface area contributed by atoms with Gasteiger partial charge >= 0.3 is 18.0 Å². The summed E-state index contributed by atoms with van der Waals surface area (Å²) in [6, 6.07) is 0. The Bertz CT molecular complexity index is 781. The van der Waals surface area contributed by atoms with Gasteiger partial charge in [-0.1, -0.05) is 65.2 Å². The van der Waals surface area contributed by atoms with Crippen LogP contribution in [0.3, 0.4) is 0 Å². The first kappa shape index (κ1) is 29.9. The van der Waals surface area contributed by atoms with Crippen LogP contribution in [0.1, 0.15) is 124 Å². The van der Waals surface area contributed by atoms with E-state index in [0.29, 0.717) is 18.8 Å². The summed E-state index contributed by atoms with van der Waals surface area (Å²) in [6.07, 6.45) is 9.78. The van der Waals surface area contributed by atoms with Crippen LogP contribution >= 0.6 is 11.3 Å². The van der Waals surface area contributed by atoms with Crippen LogP contribution in [0.2, 0.25) is 0 Å². The summed E-state index contributed by atoms with van der Waals surface area (Å²) < 4.78 is 16.2. The van der Waals surface area contributed by atoms with E-state index >= 15 is 0 Å². The zero-order chi connectivity index (χ0) is 25.6. The molecule has 1 aromatic heterocycles. The molecule has 7 nitrogen and oxygen atoms in total. The van der Waals surface area contributed by atoms with Crippen molar-refractivity contribution < 1.29 is 28.6 Å². The average molecular weight is 498 g/mol. The van der Waals surface area contributed by atoms with E-state index in [0.717, 1.165) is 69.1 Å². The second-order valence-corrected chi connectivity index (χ2v) is 10.5. The van der Waals surface area contributed by atoms with Crippen molar-refractivity contribution in [3.63, 3.8) is 0 Å². The molecule has 0 atom stereocenters. The van der Waals surface area contributed by atoms with Crippen LogP contribution in [-0.4, -0.2) is 36.8 Å². The van der Waals surface area contributed by atoms with Crippen LogP contribution in [0, 0.1) is 6.92 Å². The number of anilines is 1. The molecule has 0 saturated heterocycles. The maximum atomic E-state index is 12.9. The van der Waals surface area contributed by atoms with Gasteiger partial charge < -0.3 is 14.2 Å². The molecule has 194 valence electrons. The van der Waals surface area contributed by atoms with Gasteiger partial charge in [0.15, 0.2) is 0 Å². The third kappa shape index (κ3) is 11.4. The van der Waals surface area contributed by atoms with E-state index in [1.54, 1.807) is 27.7 Å². The largest absolute Gasteiger partial charge is 0.462 e. The maximum Gasteiger partial charge on any atom is 0.412 e. The topological polar surface area (TPSA) is 90.9 Å². The SMILES string of the molecule is CCCCCCCOC(=O)Nc1sc(C(=O)OCCCCCCC)c(C)c1C(=O)OC(C)(C)C. The lowest BCUT2D eigenvalue weighted by atomic mass is 10.1. The second-order valence-electron chi connectivity index (χ2n) is 9.49. The Balaban J connectivity index is 2.87. The minimum absolute atomic E-state index is 0.162. The number of thiophene rings is 1. The Kier molecular flexibility index (Phi) is 13.9. The number of ether oxygens (including phenoxy) is 3. The number of amides is 1. The molecular formula is C26H43NO6S. The maximum absolute atomic E-state index is 12.9. The fraction of sp³-hybridized carbons (Fsp3) is 0.731. The first-order valence-corrected chi connectivity index (χ1v) is 13.4. The van der Waals surface area contributed by atoms with E-state index in [4.69, 9.17) is 14.2 Å². The summed E-state index contributed by atoms with van der Waals surface area (Å²) in [6.45, 7) is 11.9. The zero-order valence-electron chi connectivity index (χ0n) is 21.8. The average Bonchev–Trinajstić information content (AvgIpc) is 3.07. The molecule has 0 aliphatic carbocycles. The lowest BCUT2D eigenvalue weighted by Gasteiger charge is -2.20. The number of esters is 2. The molecule has 1 N–H and O–H groups in total. The predicted molar refractivity (Wildman–Crippen MR) is 137 cm³/mol. The summed E-state index contributed by atoms with van der Waals surface area (Å²) in [5, 5.41) is 2.87. The molecule has 0 spiro atoms. The van der Waals surface area contributed by atoms with Crippen LogP contribution in [0.25, 0.3) is 0 Å². The van der Waals surface area contributed by atoms with Crippen LogP contribution in [0.15, 0.2) is 0 Å². The van der Waals surface area contributed by atoms with E-state index < -0.39 is 23.6 Å². The molecule has 0 radical (unpaired) electrons. The summed E-state index contributed by atoms with van der Waals surface area (Å²) in [5.74, 6) is -1.10. The Morgan fingerprint density at radius 2 is 1.32 bits per heavy atom. The van der Waals surface area contributed by atoms with Crippen LogP contribution in [-0.2, 0) is 14.2 Å². The normalized spacial score (nSPS) is 11.2. The first-order chi connectivity index (χ1) is 16.1. The molecule has 1 amide bonds. The smallest absolute Gasteiger partial charge is 0.412 e. The molecule has 0 fully saturated rings. The molecule has 8 heteroatoms. The van der Waals surface area contributed by atoms with Gasteiger partial charge in [0.25, 0.3) is 0 Å². The van der Waals surface area contributed by atoms with E-state index in [2.05, 4.69) is 19.2 Å². The molecule has 0 saturated carbocycles. The highest BCUT2D eigenvalue weighted by Gasteiger charge is 2.30. The lowest BCUT2D eigenvalue weighted by Crippen LogP contribution is -2.25. The number of nitrogens with one attached hydrogen (secondary N) is 1. The number of hydrogen-bond acceptors (Lipinski definition) is 7. The third-order valence-electron chi connectivity index (χ3n) is 5.11. The van der Waals surface area contributed by atoms with Gasteiger partial charge in [0, 0.05) is 0 Å². The third-order valence-corrected chi connectivity index (χ3v) is 6.30. The summed E-state index contributed by atoms with van der Waals surface area (Å²) in [7, 11) is 0. The quantitative estimate of drug-likeness (QED) is 0.152. The van der Waals surface area contributed by atoms with Crippen molar-refractivity contribution in [1.82, 2.24) is 0 Å². The van der Waals surface area contributed by atoms with Crippen molar-refractivity contribution >= 4 is 34.4 Å². The van der Waals surface area contributed by atoms with Gasteiger partial charge in [-0.25, -0.2) is 14.4 Å². The molecule has 34 heavy (non-hydrogen) atoms. The van der Waals surface area contributed by atoms with Gasteiger partial charge in [-0.15, -0.1) is 11.3 Å². The number of rotatable bonds is 15. The molecule has 0 aromatic carbocycles. The van der Waals surface area contributed by atoms with Gasteiger partial charge in [-0.05, 0) is 46.1 Å². The van der Waals surface area contributed by atoms with E-state index in [1.165, 1.54) is 6.42 Å². The zero-order valence-corrected chi connectivity index (χ0v) is 22.7. The van der Waals surface area contributed by atoms with Gasteiger partial charge in [0.05, 0.1) is 18.8 Å². The molecule has 1 rings (SSSR count). The number of carbonyl (C=O) groups excluding carboxylic acids is 3. The number of hydrogen-bond donors (Lipinski definition) is 1. The molecule has 0 unspecified atom stereocenters. The summed E-state index contributed by atoms with van der Waals surface area (Å²) in [5.41, 5.74) is -0.124. The minimum atomic E-state index is -0.721. The van der Waals surface area contributed by atoms with E-state index in [1.807, 2.05) is 0 Å². The van der Waals surface area contributed by atoms with Gasteiger partial charge in [0.1, 0.15) is 15.5 Å². The summed E-state index contributed by atoms with van der Waals surface area (Å²) >= 11 is 1.01. The van der Waals surface area contributed by atoms with E-state index in [-0.39, 0.29) is 15.4 Å². The fourth-order valence-electron chi connectivity index (χ4n) is 3.31. The fourth-order valence-corrected chi connectivity index (χ4v) is 4.38. The van der Waals surface area contributed by atoms with Crippen molar-refractivity contribution in [3.05, 3.63) is 16.0 Å². The van der Waals surface area contributed by atoms with Gasteiger partial charge in [-0.2, -0.15) is 0 Å². The number of carbonyl (C=O) groups is 3. The highest BCUT2D eigenvalue weighted by Crippen LogP contribution is 2.35. The molecule has 1 heterocycles. The van der Waals surface area contributed by atoms with Crippen molar-refractivity contribution in [3.8, 4) is 0 Å². The monoisotopic (exact) mass is 497 g/mol. The predicted octanol–water partition coefficient (Wildman–Crippen LogP) is 7.66. The standard InChI is InChI=1S/C26H43NO6S/c1-7-9-11-13-15-17-31-24(29)21-19(3)20(23(28)33-26(4,5)6)22(34-21)27-25(30)32-18-16-14-12-10-8-2/h7-18H2,1-6H3,(H,27,30). The lowest BCUT2D eigenvalue weighted by molar-refractivity contribution is 0.00705. The van der Waals surface area contributed by atoms with Gasteiger partial charge in [0.2, 0.25) is 0 Å². The molecular weight excluding hydrogens is 454 g/mol. The first-order valence-electron chi connectivity index (χ1n) is 12.6. The summed E-state index contributed by atoms with van der Waals surface area (Å²) in [4.78, 5) is 38.2. The second kappa shape index (κ2) is 15.7. The van der Waals surface area contributed by atoms with Crippen LogP contribution in [0.5, 0.6) is 0 Å². The highest BCUT2D eigenvalue weighted by molar-refractivity contribution is 7.18. The van der Waals surface area contributed by atoms with Crippen molar-refractivity contribution in [1.29, 1.82) is 0 Å². The van der Waals surface area contributed by atoms with Crippen molar-refractivity contribution in [2.45, 2.75) is 111 Å². The Morgan fingerprint density at radius 1 is 0.794 bits per heavy atom. The Hall–Kier alpha value is -2.09. The Morgan fingerprint density at radius 3 is 1.85 bits per heavy atom. The van der Waals surface area contributed by atoms with Crippen molar-refractivity contribution in [2.24, 2.45) is 0 Å². The molecule has 0 bridgehead atoms. The highest BCUT2D eigenvalue weighted by atomic mass is 32.1. The molecule has 0 aliphatic rings. The molecule has 0 aliphatic heterocycles. The Labute approximate surface area is 208 Å². The van der Waals surface area contributed by atoms with Crippen LogP contribution in [0.4, 0.5) is 9.80 Å². The molecule has 1 aromatic rings. The minimum Gasteiger partial charge on any atom is -0.462 e. The number of unbranched alkanes of at least 4 members (excludes halogenated alkanes) is 8.